The van der Waals surface area contributed by atoms with Gasteiger partial charge in [0.05, 0.1) is 25.6 Å². The summed E-state index contributed by atoms with van der Waals surface area (Å²) in [6, 6.07) is 1.81. The second-order valence-electron chi connectivity index (χ2n) is 12.7. The molecule has 1 aromatic rings. The monoisotopic (exact) mass is 550 g/mol. The van der Waals surface area contributed by atoms with Gasteiger partial charge in [0.1, 0.15) is 18.0 Å². The highest BCUT2D eigenvalue weighted by Gasteiger charge is 2.68. The Hall–Kier alpha value is -3.42. The molecule has 2 bridgehead atoms. The van der Waals surface area contributed by atoms with Crippen molar-refractivity contribution in [1.29, 1.82) is 0 Å². The zero-order valence-electron chi connectivity index (χ0n) is 24.2. The Morgan fingerprint density at radius 3 is 2.52 bits per heavy atom. The molecule has 2 fully saturated rings. The lowest BCUT2D eigenvalue weighted by molar-refractivity contribution is -0.189. The van der Waals surface area contributed by atoms with Gasteiger partial charge in [-0.3, -0.25) is 9.59 Å². The number of furan rings is 1. The molecule has 0 N–H and O–H groups in total. The second-order valence-corrected chi connectivity index (χ2v) is 12.7. The Morgan fingerprint density at radius 2 is 1.90 bits per heavy atom. The number of Topliss-reactive ketones (excluding diaryl/α,β-unsaturated/α-hetero) is 1. The number of carbonyl (C=O) groups is 4. The van der Waals surface area contributed by atoms with Crippen LogP contribution in [0, 0.1) is 34.0 Å². The number of hydrogen-bond acceptors (Lipinski definition) is 8. The third kappa shape index (κ3) is 3.93. The van der Waals surface area contributed by atoms with E-state index in [1.807, 2.05) is 26.8 Å². The van der Waals surface area contributed by atoms with Crippen molar-refractivity contribution >= 4 is 23.7 Å². The van der Waals surface area contributed by atoms with Gasteiger partial charge in [0, 0.05) is 39.9 Å². The van der Waals surface area contributed by atoms with E-state index in [9.17, 15) is 19.2 Å². The number of rotatable bonds is 5. The summed E-state index contributed by atoms with van der Waals surface area (Å²) in [6.07, 6.45) is 8.30. The van der Waals surface area contributed by atoms with Gasteiger partial charge in [-0.2, -0.15) is 0 Å². The van der Waals surface area contributed by atoms with E-state index in [4.69, 9.17) is 18.6 Å². The molecule has 214 valence electrons. The zero-order valence-corrected chi connectivity index (χ0v) is 24.2. The molecule has 40 heavy (non-hydrogen) atoms. The molecule has 3 aliphatic carbocycles. The fraction of sp³-hybridized carbons (Fsp3) is 0.562. The van der Waals surface area contributed by atoms with Crippen molar-refractivity contribution < 1.29 is 37.8 Å². The summed E-state index contributed by atoms with van der Waals surface area (Å²) < 4.78 is 22.4. The molecule has 8 heteroatoms. The summed E-state index contributed by atoms with van der Waals surface area (Å²) in [7, 11) is 1.34. The van der Waals surface area contributed by atoms with Gasteiger partial charge in [0.25, 0.3) is 0 Å². The standard InChI is InChI=1S/C32H38O8/c1-8-17(2)29(36)40-28-20-13-19-21(32(6,26(20)35)23(30(28,3)4)15-24(33)37-7)9-11-31(5)22(19)14-25(34)39-27(31)18-10-12-38-16-18/h8,10,12-14,16,20-21,23,27-28H,9,11,15H2,1-7H3. The van der Waals surface area contributed by atoms with Crippen LogP contribution in [0.5, 0.6) is 0 Å². The van der Waals surface area contributed by atoms with Gasteiger partial charge in [-0.25, -0.2) is 9.59 Å². The third-order valence-corrected chi connectivity index (χ3v) is 10.4. The molecule has 0 aromatic carbocycles. The predicted molar refractivity (Wildman–Crippen MR) is 144 cm³/mol. The van der Waals surface area contributed by atoms with Crippen molar-refractivity contribution in [2.24, 2.45) is 34.0 Å². The van der Waals surface area contributed by atoms with E-state index in [0.717, 1.165) is 16.7 Å². The van der Waals surface area contributed by atoms with E-state index in [1.54, 1.807) is 44.6 Å². The van der Waals surface area contributed by atoms with Crippen LogP contribution in [0.1, 0.15) is 72.5 Å². The third-order valence-electron chi connectivity index (χ3n) is 10.4. The maximum atomic E-state index is 14.4. The SMILES string of the molecule is CC=C(C)C(=O)OC1C2C=C3C4=CC(=O)OC(c5ccoc5)C4(C)CCC3C(C)(C2=O)C(CC(=O)OC)C1(C)C. The first-order chi connectivity index (χ1) is 18.8. The Morgan fingerprint density at radius 1 is 1.18 bits per heavy atom. The highest BCUT2D eigenvalue weighted by Crippen LogP contribution is 2.67. The van der Waals surface area contributed by atoms with Crippen LogP contribution < -0.4 is 0 Å². The lowest BCUT2D eigenvalue weighted by atomic mass is 9.41. The first-order valence-electron chi connectivity index (χ1n) is 13.9. The van der Waals surface area contributed by atoms with Gasteiger partial charge >= 0.3 is 17.9 Å². The van der Waals surface area contributed by atoms with Gasteiger partial charge in [0.15, 0.2) is 0 Å². The number of fused-ring (bicyclic) bond motifs is 6. The van der Waals surface area contributed by atoms with Crippen LogP contribution >= 0.6 is 0 Å². The Kier molecular flexibility index (Phi) is 6.75. The van der Waals surface area contributed by atoms with Crippen LogP contribution in [-0.2, 0) is 33.4 Å². The molecule has 0 spiro atoms. The van der Waals surface area contributed by atoms with Crippen LogP contribution in [0.2, 0.25) is 0 Å². The molecule has 2 saturated carbocycles. The molecule has 7 unspecified atom stereocenters. The molecule has 2 heterocycles. The Labute approximate surface area is 234 Å². The van der Waals surface area contributed by atoms with Crippen LogP contribution in [0.3, 0.4) is 0 Å². The average molecular weight is 551 g/mol. The van der Waals surface area contributed by atoms with Gasteiger partial charge in [-0.05, 0) is 55.7 Å². The molecule has 0 saturated heterocycles. The second kappa shape index (κ2) is 9.60. The minimum absolute atomic E-state index is 0.00882. The first kappa shape index (κ1) is 28.1. The van der Waals surface area contributed by atoms with Crippen molar-refractivity contribution in [3.05, 3.63) is 59.1 Å². The molecular weight excluding hydrogens is 512 g/mol. The molecule has 8 nitrogen and oxygen atoms in total. The fourth-order valence-corrected chi connectivity index (χ4v) is 8.01. The quantitative estimate of drug-likeness (QED) is 0.271. The summed E-state index contributed by atoms with van der Waals surface area (Å²) in [5, 5.41) is 0. The average Bonchev–Trinajstić information content (AvgIpc) is 3.45. The predicted octanol–water partition coefficient (Wildman–Crippen LogP) is 5.45. The topological polar surface area (TPSA) is 109 Å². The lowest BCUT2D eigenvalue weighted by Gasteiger charge is -2.62. The van der Waals surface area contributed by atoms with Crippen molar-refractivity contribution in [1.82, 2.24) is 0 Å². The molecule has 0 radical (unpaired) electrons. The van der Waals surface area contributed by atoms with E-state index in [2.05, 4.69) is 6.92 Å². The number of carbonyl (C=O) groups excluding carboxylic acids is 4. The van der Waals surface area contributed by atoms with Gasteiger partial charge < -0.3 is 18.6 Å². The highest BCUT2D eigenvalue weighted by atomic mass is 16.6. The van der Waals surface area contributed by atoms with Crippen LogP contribution in [0.4, 0.5) is 0 Å². The van der Waals surface area contributed by atoms with Crippen LogP contribution in [0.15, 0.2) is 58.0 Å². The van der Waals surface area contributed by atoms with Gasteiger partial charge in [-0.15, -0.1) is 0 Å². The number of esters is 3. The smallest absolute Gasteiger partial charge is 0.333 e. The number of allylic oxidation sites excluding steroid dienone is 2. The summed E-state index contributed by atoms with van der Waals surface area (Å²) in [4.78, 5) is 53.2. The number of ketones is 1. The highest BCUT2D eigenvalue weighted by molar-refractivity contribution is 5.95. The number of ether oxygens (including phenoxy) is 3. The maximum Gasteiger partial charge on any atom is 0.333 e. The minimum Gasteiger partial charge on any atom is -0.472 e. The number of cyclic esters (lactones) is 1. The Balaban J connectivity index is 1.69. The molecule has 0 amide bonds. The molecule has 4 aliphatic rings. The molecule has 5 rings (SSSR count). The molecule has 1 aromatic heterocycles. The number of hydrogen-bond donors (Lipinski definition) is 0. The first-order valence-corrected chi connectivity index (χ1v) is 13.9. The van der Waals surface area contributed by atoms with E-state index in [0.29, 0.717) is 18.4 Å². The van der Waals surface area contributed by atoms with E-state index >= 15 is 0 Å². The van der Waals surface area contributed by atoms with Crippen molar-refractivity contribution in [3.8, 4) is 0 Å². The summed E-state index contributed by atoms with van der Waals surface area (Å²) in [5.41, 5.74) is 0.728. The minimum atomic E-state index is -0.945. The Bertz CT molecular complexity index is 1340. The van der Waals surface area contributed by atoms with Gasteiger partial charge in [-0.1, -0.05) is 39.8 Å². The molecular formula is C32H38O8. The molecule has 7 atom stereocenters. The largest absolute Gasteiger partial charge is 0.472 e. The van der Waals surface area contributed by atoms with Crippen molar-refractivity contribution in [2.75, 3.05) is 7.11 Å². The van der Waals surface area contributed by atoms with Gasteiger partial charge in [0.2, 0.25) is 0 Å². The lowest BCUT2D eigenvalue weighted by Crippen LogP contribution is -2.66. The van der Waals surface area contributed by atoms with E-state index < -0.39 is 58.2 Å². The summed E-state index contributed by atoms with van der Waals surface area (Å²) in [6.45, 7) is 11.4. The van der Waals surface area contributed by atoms with E-state index in [1.165, 1.54) is 7.11 Å². The zero-order chi connectivity index (χ0) is 29.2. The van der Waals surface area contributed by atoms with Crippen molar-refractivity contribution in [3.63, 3.8) is 0 Å². The van der Waals surface area contributed by atoms with E-state index in [-0.39, 0.29) is 18.1 Å². The van der Waals surface area contributed by atoms with Crippen molar-refractivity contribution in [2.45, 2.75) is 73.0 Å². The fourth-order valence-electron chi connectivity index (χ4n) is 8.01. The summed E-state index contributed by atoms with van der Waals surface area (Å²) >= 11 is 0. The normalized spacial score (nSPS) is 36.4. The van der Waals surface area contributed by atoms with Crippen LogP contribution in [0.25, 0.3) is 0 Å². The maximum absolute atomic E-state index is 14.4. The number of methoxy groups -OCH3 is 1. The molecule has 1 aliphatic heterocycles. The summed E-state index contributed by atoms with van der Waals surface area (Å²) in [5.74, 6) is -2.85. The van der Waals surface area contributed by atoms with Crippen LogP contribution in [-0.4, -0.2) is 36.9 Å².